The van der Waals surface area contributed by atoms with Crippen LogP contribution in [0.2, 0.25) is 0 Å². The number of nitrogens with zero attached hydrogens (tertiary/aromatic N) is 2. The maximum Gasteiger partial charge on any atom is 0.322 e. The number of aromatic amines is 1. The van der Waals surface area contributed by atoms with E-state index in [1.54, 1.807) is 25.5 Å². The molecule has 2 rings (SSSR count). The number of hydrogen-bond acceptors (Lipinski definition) is 2. The molecule has 0 atom stereocenters. The number of nitrogens with one attached hydrogen (secondary N) is 2. The van der Waals surface area contributed by atoms with Crippen molar-refractivity contribution >= 4 is 11.7 Å². The summed E-state index contributed by atoms with van der Waals surface area (Å²) in [6.07, 6.45) is 3.37. The summed E-state index contributed by atoms with van der Waals surface area (Å²) in [7, 11) is 1.70. The van der Waals surface area contributed by atoms with Gasteiger partial charge < -0.3 is 10.3 Å². The molecule has 2 amide bonds. The van der Waals surface area contributed by atoms with E-state index in [0.29, 0.717) is 6.54 Å². The molecule has 2 N–H and O–H groups in total. The molecule has 2 aromatic rings. The molecule has 0 fully saturated rings. The van der Waals surface area contributed by atoms with Gasteiger partial charge in [0.05, 0.1) is 12.2 Å². The molecule has 1 radical (unpaired) electrons. The summed E-state index contributed by atoms with van der Waals surface area (Å²) in [6.45, 7) is 0.378. The van der Waals surface area contributed by atoms with Crippen molar-refractivity contribution in [3.8, 4) is 0 Å². The van der Waals surface area contributed by atoms with Crippen molar-refractivity contribution in [2.45, 2.75) is 6.54 Å². The second kappa shape index (κ2) is 5.16. The molecule has 1 heterocycles. The second-order valence-corrected chi connectivity index (χ2v) is 3.50. The Morgan fingerprint density at radius 2 is 2.47 bits per heavy atom. The molecule has 1 aromatic carbocycles. The van der Waals surface area contributed by atoms with E-state index < -0.39 is 0 Å². The third-order valence-corrected chi connectivity index (χ3v) is 2.32. The lowest BCUT2D eigenvalue weighted by Crippen LogP contribution is -2.37. The van der Waals surface area contributed by atoms with Crippen molar-refractivity contribution in [2.75, 3.05) is 11.9 Å². The Morgan fingerprint density at radius 1 is 1.59 bits per heavy atom. The number of hydrogen-bond donors (Lipinski definition) is 2. The molecule has 1 aromatic heterocycles. The monoisotopic (exact) mass is 229 g/mol. The average Bonchev–Trinajstić information content (AvgIpc) is 2.89. The highest BCUT2D eigenvalue weighted by atomic mass is 16.2. The fourth-order valence-corrected chi connectivity index (χ4v) is 1.37. The molecule has 17 heavy (non-hydrogen) atoms. The van der Waals surface area contributed by atoms with E-state index in [1.807, 2.05) is 18.2 Å². The highest BCUT2D eigenvalue weighted by Gasteiger charge is 2.09. The molecule has 87 valence electrons. The number of urea groups is 1. The fraction of sp³-hybridized carbons (Fsp3) is 0.167. The molecule has 0 spiro atoms. The van der Waals surface area contributed by atoms with Gasteiger partial charge in [0.2, 0.25) is 0 Å². The zero-order valence-electron chi connectivity index (χ0n) is 9.47. The molecule has 5 heteroatoms. The van der Waals surface area contributed by atoms with Gasteiger partial charge in [-0.25, -0.2) is 9.78 Å². The average molecular weight is 229 g/mol. The van der Waals surface area contributed by atoms with Crippen molar-refractivity contribution < 1.29 is 4.79 Å². The minimum Gasteiger partial charge on any atom is -0.347 e. The normalized spacial score (nSPS) is 9.94. The largest absolute Gasteiger partial charge is 0.347 e. The van der Waals surface area contributed by atoms with Crippen LogP contribution in [0.1, 0.15) is 5.82 Å². The predicted octanol–water partition coefficient (Wildman–Crippen LogP) is 1.56. The topological polar surface area (TPSA) is 61.0 Å². The minimum atomic E-state index is -0.191. The van der Waals surface area contributed by atoms with Gasteiger partial charge in [0.25, 0.3) is 0 Å². The number of imidazole rings is 1. The molecular weight excluding hydrogens is 216 g/mol. The van der Waals surface area contributed by atoms with Crippen LogP contribution in [0.15, 0.2) is 36.7 Å². The van der Waals surface area contributed by atoms with Crippen LogP contribution in [0.3, 0.4) is 0 Å². The van der Waals surface area contributed by atoms with Crippen LogP contribution >= 0.6 is 0 Å². The number of amides is 2. The summed E-state index contributed by atoms with van der Waals surface area (Å²) in [4.78, 5) is 20.2. The first kappa shape index (κ1) is 11.2. The van der Waals surface area contributed by atoms with E-state index in [4.69, 9.17) is 0 Å². The van der Waals surface area contributed by atoms with Gasteiger partial charge in [-0.2, -0.15) is 0 Å². The number of anilines is 1. The lowest BCUT2D eigenvalue weighted by atomic mass is 10.3. The Balaban J connectivity index is 1.92. The zero-order valence-corrected chi connectivity index (χ0v) is 9.47. The number of carbonyl (C=O) groups is 1. The molecular formula is C12H13N4O. The number of H-pyrrole nitrogens is 1. The smallest absolute Gasteiger partial charge is 0.322 e. The van der Waals surface area contributed by atoms with E-state index in [2.05, 4.69) is 21.4 Å². The van der Waals surface area contributed by atoms with Gasteiger partial charge in [-0.15, -0.1) is 0 Å². The van der Waals surface area contributed by atoms with Gasteiger partial charge in [0.1, 0.15) is 5.82 Å². The summed E-state index contributed by atoms with van der Waals surface area (Å²) in [5.74, 6) is 0.726. The van der Waals surface area contributed by atoms with E-state index in [9.17, 15) is 4.79 Å². The third kappa shape index (κ3) is 2.84. The zero-order chi connectivity index (χ0) is 12.1. The molecule has 0 saturated carbocycles. The molecule has 0 unspecified atom stereocenters. The van der Waals surface area contributed by atoms with Crippen LogP contribution in [0.5, 0.6) is 0 Å². The molecule has 0 bridgehead atoms. The molecule has 0 aliphatic heterocycles. The molecule has 0 saturated heterocycles. The Kier molecular flexibility index (Phi) is 3.40. The lowest BCUT2D eigenvalue weighted by Gasteiger charge is -2.17. The van der Waals surface area contributed by atoms with Gasteiger partial charge in [-0.1, -0.05) is 18.2 Å². The lowest BCUT2D eigenvalue weighted by molar-refractivity contribution is 0.247. The van der Waals surface area contributed by atoms with E-state index >= 15 is 0 Å². The Labute approximate surface area is 99.5 Å². The first-order valence-electron chi connectivity index (χ1n) is 5.24. The highest BCUT2D eigenvalue weighted by Crippen LogP contribution is 2.09. The number of benzene rings is 1. The van der Waals surface area contributed by atoms with E-state index in [0.717, 1.165) is 11.5 Å². The van der Waals surface area contributed by atoms with Crippen molar-refractivity contribution in [3.63, 3.8) is 0 Å². The summed E-state index contributed by atoms with van der Waals surface area (Å²) >= 11 is 0. The predicted molar refractivity (Wildman–Crippen MR) is 64.5 cm³/mol. The molecule has 0 aliphatic carbocycles. The van der Waals surface area contributed by atoms with Crippen LogP contribution in [-0.2, 0) is 6.54 Å². The van der Waals surface area contributed by atoms with Crippen LogP contribution in [0.4, 0.5) is 10.5 Å². The standard InChI is InChI=1S/C12H13N4O/c1-16(10-5-3-2-4-6-10)12(17)15-9-11-13-7-8-14-11/h2-5,7-8H,9H2,1H3,(H,13,14)(H,15,17). The number of rotatable bonds is 3. The van der Waals surface area contributed by atoms with E-state index in [-0.39, 0.29) is 6.03 Å². The van der Waals surface area contributed by atoms with Crippen molar-refractivity contribution in [2.24, 2.45) is 0 Å². The Bertz CT molecular complexity index is 467. The molecule has 0 aliphatic rings. The summed E-state index contributed by atoms with van der Waals surface area (Å²) in [6, 6.07) is 10.1. The maximum atomic E-state index is 11.8. The summed E-state index contributed by atoms with van der Waals surface area (Å²) in [5.41, 5.74) is 0.726. The highest BCUT2D eigenvalue weighted by molar-refractivity contribution is 5.91. The van der Waals surface area contributed by atoms with Crippen molar-refractivity contribution in [1.82, 2.24) is 15.3 Å². The number of aromatic nitrogens is 2. The minimum absolute atomic E-state index is 0.191. The Morgan fingerprint density at radius 3 is 3.12 bits per heavy atom. The van der Waals surface area contributed by atoms with Crippen molar-refractivity contribution in [1.29, 1.82) is 0 Å². The maximum absolute atomic E-state index is 11.8. The summed E-state index contributed by atoms with van der Waals surface area (Å²) in [5, 5.41) is 2.76. The van der Waals surface area contributed by atoms with Crippen LogP contribution in [0, 0.1) is 6.07 Å². The second-order valence-electron chi connectivity index (χ2n) is 3.50. The first-order valence-corrected chi connectivity index (χ1v) is 5.24. The van der Waals surface area contributed by atoms with Gasteiger partial charge in [0.15, 0.2) is 0 Å². The summed E-state index contributed by atoms with van der Waals surface area (Å²) < 4.78 is 0. The first-order chi connectivity index (χ1) is 8.27. The fourth-order valence-electron chi connectivity index (χ4n) is 1.37. The van der Waals surface area contributed by atoms with Crippen molar-refractivity contribution in [3.05, 3.63) is 48.5 Å². The molecule has 5 nitrogen and oxygen atoms in total. The van der Waals surface area contributed by atoms with Gasteiger partial charge in [0, 0.05) is 25.5 Å². The quantitative estimate of drug-likeness (QED) is 0.839. The van der Waals surface area contributed by atoms with Crippen LogP contribution < -0.4 is 10.2 Å². The van der Waals surface area contributed by atoms with Gasteiger partial charge in [-0.3, -0.25) is 4.90 Å². The van der Waals surface area contributed by atoms with Crippen LogP contribution in [0.25, 0.3) is 0 Å². The van der Waals surface area contributed by atoms with Gasteiger partial charge >= 0.3 is 6.03 Å². The van der Waals surface area contributed by atoms with Crippen LogP contribution in [-0.4, -0.2) is 23.0 Å². The number of para-hydroxylation sites is 1. The Hall–Kier alpha value is -2.30. The van der Waals surface area contributed by atoms with Gasteiger partial charge in [-0.05, 0) is 6.07 Å². The number of carbonyl (C=O) groups excluding carboxylic acids is 1. The third-order valence-electron chi connectivity index (χ3n) is 2.32. The SMILES string of the molecule is CN(C(=O)NCc1ncc[nH]1)c1[c]cccc1. The van der Waals surface area contributed by atoms with E-state index in [1.165, 1.54) is 4.90 Å².